The number of allylic oxidation sites excluding steroid dienone is 1. The molecule has 1 rings (SSSR count). The highest BCUT2D eigenvalue weighted by Crippen LogP contribution is 2.28. The molecule has 0 spiro atoms. The zero-order valence-corrected chi connectivity index (χ0v) is 13.3. The average molecular weight is 315 g/mol. The number of nitrogens with one attached hydrogen (secondary N) is 2. The van der Waals surface area contributed by atoms with E-state index in [0.717, 1.165) is 18.5 Å². The van der Waals surface area contributed by atoms with Crippen molar-refractivity contribution in [1.29, 1.82) is 0 Å². The summed E-state index contributed by atoms with van der Waals surface area (Å²) in [5.41, 5.74) is 1.09. The molecule has 1 aromatic carbocycles. The van der Waals surface area contributed by atoms with Gasteiger partial charge in [0, 0.05) is 13.1 Å². The summed E-state index contributed by atoms with van der Waals surface area (Å²) in [6.07, 6.45) is 2.59. The Bertz CT molecular complexity index is 453. The molecule has 0 bridgehead atoms. The lowest BCUT2D eigenvalue weighted by molar-refractivity contribution is -0.123. The van der Waals surface area contributed by atoms with E-state index in [-0.39, 0.29) is 24.9 Å². The lowest BCUT2D eigenvalue weighted by atomic mass is 10.1. The van der Waals surface area contributed by atoms with Crippen LogP contribution in [0.4, 0.5) is 0 Å². The second kappa shape index (κ2) is 11.0. The van der Waals surface area contributed by atoms with Gasteiger partial charge >= 0.3 is 0 Å². The van der Waals surface area contributed by atoms with Crippen LogP contribution in [0.15, 0.2) is 30.9 Å². The van der Waals surface area contributed by atoms with Crippen molar-refractivity contribution < 1.29 is 14.3 Å². The predicted octanol–water partition coefficient (Wildman–Crippen LogP) is 1.56. The molecule has 5 nitrogen and oxygen atoms in total. The number of carbonyl (C=O) groups is 1. The van der Waals surface area contributed by atoms with Crippen molar-refractivity contribution in [1.82, 2.24) is 10.6 Å². The Balaban J connectivity index is 0.00000400. The molecule has 21 heavy (non-hydrogen) atoms. The normalized spacial score (nSPS) is 9.43. The summed E-state index contributed by atoms with van der Waals surface area (Å²) in [4.78, 5) is 11.5. The first-order valence-electron chi connectivity index (χ1n) is 6.53. The van der Waals surface area contributed by atoms with Gasteiger partial charge in [0.05, 0.1) is 7.11 Å². The number of ether oxygens (including phenoxy) is 2. The lowest BCUT2D eigenvalue weighted by Gasteiger charge is -2.12. The van der Waals surface area contributed by atoms with Crippen LogP contribution in [0.1, 0.15) is 5.56 Å². The lowest BCUT2D eigenvalue weighted by Crippen LogP contribution is -2.33. The largest absolute Gasteiger partial charge is 0.493 e. The monoisotopic (exact) mass is 314 g/mol. The molecule has 1 amide bonds. The molecule has 118 valence electrons. The van der Waals surface area contributed by atoms with Crippen LogP contribution in [0.2, 0.25) is 0 Å². The van der Waals surface area contributed by atoms with Gasteiger partial charge in [-0.15, -0.1) is 19.0 Å². The van der Waals surface area contributed by atoms with Gasteiger partial charge in [-0.1, -0.05) is 12.1 Å². The van der Waals surface area contributed by atoms with E-state index < -0.39 is 0 Å². The Hall–Kier alpha value is -1.72. The maximum absolute atomic E-state index is 11.5. The maximum Gasteiger partial charge on any atom is 0.257 e. The fraction of sp³-hybridized carbons (Fsp3) is 0.400. The fourth-order valence-electron chi connectivity index (χ4n) is 1.65. The van der Waals surface area contributed by atoms with Gasteiger partial charge in [0.15, 0.2) is 18.1 Å². The van der Waals surface area contributed by atoms with Gasteiger partial charge in [-0.25, -0.2) is 0 Å². The molecule has 1 aromatic rings. The van der Waals surface area contributed by atoms with E-state index >= 15 is 0 Å². The molecule has 0 radical (unpaired) electrons. The maximum atomic E-state index is 11.5. The molecule has 0 saturated carbocycles. The van der Waals surface area contributed by atoms with Crippen molar-refractivity contribution >= 4 is 18.3 Å². The van der Waals surface area contributed by atoms with Crippen molar-refractivity contribution in [2.75, 3.05) is 33.9 Å². The van der Waals surface area contributed by atoms with Gasteiger partial charge in [0.2, 0.25) is 0 Å². The van der Waals surface area contributed by atoms with Crippen LogP contribution < -0.4 is 20.1 Å². The van der Waals surface area contributed by atoms with E-state index in [0.29, 0.717) is 18.0 Å². The molecule has 2 N–H and O–H groups in total. The average Bonchev–Trinajstić information content (AvgIpc) is 2.46. The Morgan fingerprint density at radius 1 is 1.33 bits per heavy atom. The first-order chi connectivity index (χ1) is 9.71. The summed E-state index contributed by atoms with van der Waals surface area (Å²) in [5, 5.41) is 5.69. The van der Waals surface area contributed by atoms with Crippen LogP contribution >= 0.6 is 12.4 Å². The van der Waals surface area contributed by atoms with Gasteiger partial charge in [-0.2, -0.15) is 0 Å². The molecule has 6 heteroatoms. The third-order valence-corrected chi connectivity index (χ3v) is 2.66. The standard InChI is InChI=1S/C15H22N2O3.ClH/c1-4-5-12-6-7-13(14(10-12)19-3)20-11-15(18)17-9-8-16-2;/h4,6-7,10,16H,1,5,8-9,11H2,2-3H3,(H,17,18);1H. The van der Waals surface area contributed by atoms with Gasteiger partial charge in [0.1, 0.15) is 0 Å². The summed E-state index contributed by atoms with van der Waals surface area (Å²) in [6, 6.07) is 5.62. The topological polar surface area (TPSA) is 59.6 Å². The third-order valence-electron chi connectivity index (χ3n) is 2.66. The van der Waals surface area contributed by atoms with Crippen molar-refractivity contribution in [2.24, 2.45) is 0 Å². The van der Waals surface area contributed by atoms with Crippen LogP contribution in [0.25, 0.3) is 0 Å². The number of amides is 1. The van der Waals surface area contributed by atoms with E-state index in [9.17, 15) is 4.79 Å². The number of hydrogen-bond donors (Lipinski definition) is 2. The molecule has 0 heterocycles. The van der Waals surface area contributed by atoms with Crippen molar-refractivity contribution in [3.63, 3.8) is 0 Å². The summed E-state index contributed by atoms with van der Waals surface area (Å²) >= 11 is 0. The number of benzene rings is 1. The highest BCUT2D eigenvalue weighted by molar-refractivity contribution is 5.85. The first-order valence-corrected chi connectivity index (χ1v) is 6.53. The summed E-state index contributed by atoms with van der Waals surface area (Å²) < 4.78 is 10.7. The van der Waals surface area contributed by atoms with Gasteiger partial charge in [-0.05, 0) is 31.2 Å². The van der Waals surface area contributed by atoms with E-state index in [1.165, 1.54) is 0 Å². The minimum absolute atomic E-state index is 0. The molecule has 0 aliphatic heterocycles. The highest BCUT2D eigenvalue weighted by atomic mass is 35.5. The van der Waals surface area contributed by atoms with E-state index in [1.807, 2.05) is 25.3 Å². The van der Waals surface area contributed by atoms with Crippen LogP contribution in [0.5, 0.6) is 11.5 Å². The van der Waals surface area contributed by atoms with Crippen LogP contribution in [-0.2, 0) is 11.2 Å². The Labute approximate surface area is 132 Å². The highest BCUT2D eigenvalue weighted by Gasteiger charge is 2.08. The van der Waals surface area contributed by atoms with E-state index in [4.69, 9.17) is 9.47 Å². The number of rotatable bonds is 9. The second-order valence-electron chi connectivity index (χ2n) is 4.22. The number of likely N-dealkylation sites (N-methyl/N-ethyl adjacent to an activating group) is 1. The zero-order valence-electron chi connectivity index (χ0n) is 12.5. The number of hydrogen-bond acceptors (Lipinski definition) is 4. The quantitative estimate of drug-likeness (QED) is 0.536. The van der Waals surface area contributed by atoms with Crippen molar-refractivity contribution in [3.8, 4) is 11.5 Å². The molecule has 0 aromatic heterocycles. The summed E-state index contributed by atoms with van der Waals surface area (Å²) in [7, 11) is 3.41. The molecule has 0 unspecified atom stereocenters. The van der Waals surface area contributed by atoms with Crippen molar-refractivity contribution in [3.05, 3.63) is 36.4 Å². The minimum atomic E-state index is -0.155. The Morgan fingerprint density at radius 3 is 2.71 bits per heavy atom. The van der Waals surface area contributed by atoms with Crippen LogP contribution in [-0.4, -0.2) is 39.8 Å². The fourth-order valence-corrected chi connectivity index (χ4v) is 1.65. The number of methoxy groups -OCH3 is 1. The number of halogens is 1. The summed E-state index contributed by atoms with van der Waals surface area (Å²) in [5.74, 6) is 1.02. The van der Waals surface area contributed by atoms with Crippen LogP contribution in [0, 0.1) is 0 Å². The van der Waals surface area contributed by atoms with Crippen molar-refractivity contribution in [2.45, 2.75) is 6.42 Å². The second-order valence-corrected chi connectivity index (χ2v) is 4.22. The van der Waals surface area contributed by atoms with Gasteiger partial charge < -0.3 is 20.1 Å². The third kappa shape index (κ3) is 7.02. The zero-order chi connectivity index (χ0) is 14.8. The molecule has 0 aliphatic rings. The smallest absolute Gasteiger partial charge is 0.257 e. The molecular formula is C15H23ClN2O3. The Kier molecular flexibility index (Phi) is 10.1. The Morgan fingerprint density at radius 2 is 2.10 bits per heavy atom. The van der Waals surface area contributed by atoms with Gasteiger partial charge in [-0.3, -0.25) is 4.79 Å². The van der Waals surface area contributed by atoms with Gasteiger partial charge in [0.25, 0.3) is 5.91 Å². The predicted molar refractivity (Wildman–Crippen MR) is 86.6 cm³/mol. The molecular weight excluding hydrogens is 292 g/mol. The summed E-state index contributed by atoms with van der Waals surface area (Å²) in [6.45, 7) is 4.98. The van der Waals surface area contributed by atoms with E-state index in [2.05, 4.69) is 17.2 Å². The SMILES string of the molecule is C=CCc1ccc(OCC(=O)NCCNC)c(OC)c1.Cl. The first kappa shape index (κ1) is 19.3. The molecule has 0 aliphatic carbocycles. The molecule has 0 saturated heterocycles. The van der Waals surface area contributed by atoms with E-state index in [1.54, 1.807) is 13.2 Å². The minimum Gasteiger partial charge on any atom is -0.493 e. The molecule has 0 fully saturated rings. The van der Waals surface area contributed by atoms with Crippen LogP contribution in [0.3, 0.4) is 0 Å². The number of carbonyl (C=O) groups excluding carboxylic acids is 1. The molecule has 0 atom stereocenters.